The second-order valence-corrected chi connectivity index (χ2v) is 7.86. The number of halogens is 1. The summed E-state index contributed by atoms with van der Waals surface area (Å²) in [6, 6.07) is 6.92. The van der Waals surface area contributed by atoms with Gasteiger partial charge in [0.15, 0.2) is 0 Å². The summed E-state index contributed by atoms with van der Waals surface area (Å²) in [5, 5.41) is 4.42. The van der Waals surface area contributed by atoms with Crippen LogP contribution in [0.1, 0.15) is 39.2 Å². The van der Waals surface area contributed by atoms with E-state index in [9.17, 15) is 0 Å². The summed E-state index contributed by atoms with van der Waals surface area (Å²) in [5.41, 5.74) is 1.25. The molecule has 94 valence electrons. The van der Waals surface area contributed by atoms with Crippen LogP contribution in [0.5, 0.6) is 0 Å². The highest BCUT2D eigenvalue weighted by atomic mass is 35.5. The van der Waals surface area contributed by atoms with E-state index in [4.69, 9.17) is 11.6 Å². The molecule has 1 aromatic carbocycles. The SMILES string of the molecule is CC(C)(C)Sc1cccc(Cl)c1CNC1CC1. The molecular formula is C14H20ClNS. The van der Waals surface area contributed by atoms with Gasteiger partial charge in [0.1, 0.15) is 0 Å². The molecule has 0 atom stereocenters. The number of hydrogen-bond donors (Lipinski definition) is 1. The molecule has 0 radical (unpaired) electrons. The van der Waals surface area contributed by atoms with Gasteiger partial charge >= 0.3 is 0 Å². The van der Waals surface area contributed by atoms with E-state index >= 15 is 0 Å². The molecule has 0 aliphatic heterocycles. The Morgan fingerprint density at radius 2 is 2.06 bits per heavy atom. The Kier molecular flexibility index (Phi) is 4.06. The predicted molar refractivity (Wildman–Crippen MR) is 76.9 cm³/mol. The zero-order valence-corrected chi connectivity index (χ0v) is 12.3. The molecule has 0 bridgehead atoms. The van der Waals surface area contributed by atoms with Gasteiger partial charge in [0.05, 0.1) is 0 Å². The minimum atomic E-state index is 0.221. The molecule has 2 rings (SSSR count). The normalized spacial score (nSPS) is 16.2. The Hall–Kier alpha value is -0.180. The molecule has 1 nitrogen and oxygen atoms in total. The minimum Gasteiger partial charge on any atom is -0.310 e. The number of hydrogen-bond acceptors (Lipinski definition) is 2. The van der Waals surface area contributed by atoms with Crippen molar-refractivity contribution in [3.63, 3.8) is 0 Å². The molecule has 0 saturated heterocycles. The third-order valence-corrected chi connectivity index (χ3v) is 4.21. The molecule has 17 heavy (non-hydrogen) atoms. The lowest BCUT2D eigenvalue weighted by Gasteiger charge is -2.20. The molecule has 1 N–H and O–H groups in total. The van der Waals surface area contributed by atoms with Crippen LogP contribution in [-0.2, 0) is 6.54 Å². The Morgan fingerprint density at radius 1 is 1.35 bits per heavy atom. The largest absolute Gasteiger partial charge is 0.310 e. The Morgan fingerprint density at radius 3 is 2.65 bits per heavy atom. The Bertz CT molecular complexity index is 394. The van der Waals surface area contributed by atoms with E-state index in [-0.39, 0.29) is 4.75 Å². The van der Waals surface area contributed by atoms with Crippen molar-refractivity contribution in [3.05, 3.63) is 28.8 Å². The van der Waals surface area contributed by atoms with E-state index in [0.717, 1.165) is 17.6 Å². The van der Waals surface area contributed by atoms with Gasteiger partial charge in [-0.2, -0.15) is 0 Å². The summed E-state index contributed by atoms with van der Waals surface area (Å²) >= 11 is 8.20. The smallest absolute Gasteiger partial charge is 0.0462 e. The average molecular weight is 270 g/mol. The lowest BCUT2D eigenvalue weighted by atomic mass is 10.2. The first-order valence-corrected chi connectivity index (χ1v) is 7.35. The van der Waals surface area contributed by atoms with Crippen LogP contribution < -0.4 is 5.32 Å². The van der Waals surface area contributed by atoms with Crippen molar-refractivity contribution in [1.82, 2.24) is 5.32 Å². The minimum absolute atomic E-state index is 0.221. The molecule has 1 aromatic rings. The van der Waals surface area contributed by atoms with Crippen molar-refractivity contribution in [1.29, 1.82) is 0 Å². The fourth-order valence-corrected chi connectivity index (χ4v) is 3.08. The number of thioether (sulfide) groups is 1. The Balaban J connectivity index is 2.14. The maximum Gasteiger partial charge on any atom is 0.0462 e. The summed E-state index contributed by atoms with van der Waals surface area (Å²) < 4.78 is 0.221. The molecule has 0 amide bonds. The topological polar surface area (TPSA) is 12.0 Å². The molecule has 0 heterocycles. The lowest BCUT2D eigenvalue weighted by Crippen LogP contribution is -2.17. The number of nitrogens with one attached hydrogen (secondary N) is 1. The highest BCUT2D eigenvalue weighted by Gasteiger charge is 2.22. The van der Waals surface area contributed by atoms with Crippen LogP contribution in [0.15, 0.2) is 23.1 Å². The molecular weight excluding hydrogens is 250 g/mol. The standard InChI is InChI=1S/C14H20ClNS/c1-14(2,3)17-13-6-4-5-12(15)11(13)9-16-10-7-8-10/h4-6,10,16H,7-9H2,1-3H3. The van der Waals surface area contributed by atoms with E-state index in [0.29, 0.717) is 0 Å². The maximum absolute atomic E-state index is 6.31. The van der Waals surface area contributed by atoms with Crippen LogP contribution in [0.4, 0.5) is 0 Å². The van der Waals surface area contributed by atoms with Gasteiger partial charge in [0.25, 0.3) is 0 Å². The molecule has 1 aliphatic rings. The molecule has 1 fully saturated rings. The van der Waals surface area contributed by atoms with Crippen LogP contribution in [-0.4, -0.2) is 10.8 Å². The summed E-state index contributed by atoms with van der Waals surface area (Å²) in [6.45, 7) is 7.59. The van der Waals surface area contributed by atoms with Crippen LogP contribution in [0, 0.1) is 0 Å². The van der Waals surface area contributed by atoms with Gasteiger partial charge in [-0.25, -0.2) is 0 Å². The summed E-state index contributed by atoms with van der Waals surface area (Å²) in [4.78, 5) is 1.30. The van der Waals surface area contributed by atoms with E-state index in [2.05, 4.69) is 32.2 Å². The highest BCUT2D eigenvalue weighted by Crippen LogP contribution is 2.37. The fraction of sp³-hybridized carbons (Fsp3) is 0.571. The van der Waals surface area contributed by atoms with Gasteiger partial charge in [-0.15, -0.1) is 11.8 Å². The van der Waals surface area contributed by atoms with E-state index in [1.54, 1.807) is 0 Å². The second-order valence-electron chi connectivity index (χ2n) is 5.59. The monoisotopic (exact) mass is 269 g/mol. The first-order valence-electron chi connectivity index (χ1n) is 6.15. The molecule has 0 unspecified atom stereocenters. The summed E-state index contributed by atoms with van der Waals surface area (Å²) in [5.74, 6) is 0. The number of benzene rings is 1. The van der Waals surface area contributed by atoms with Gasteiger partial charge < -0.3 is 5.32 Å². The summed E-state index contributed by atoms with van der Waals surface area (Å²) in [7, 11) is 0. The van der Waals surface area contributed by atoms with E-state index in [1.807, 2.05) is 23.9 Å². The molecule has 0 aromatic heterocycles. The van der Waals surface area contributed by atoms with Gasteiger partial charge in [-0.3, -0.25) is 0 Å². The third kappa shape index (κ3) is 4.20. The Labute approximate surface area is 113 Å². The van der Waals surface area contributed by atoms with Crippen LogP contribution >= 0.6 is 23.4 Å². The van der Waals surface area contributed by atoms with Gasteiger partial charge in [0, 0.05) is 27.3 Å². The van der Waals surface area contributed by atoms with Crippen LogP contribution in [0.25, 0.3) is 0 Å². The van der Waals surface area contributed by atoms with Gasteiger partial charge in [-0.05, 0) is 30.5 Å². The van der Waals surface area contributed by atoms with Crippen LogP contribution in [0.3, 0.4) is 0 Å². The zero-order chi connectivity index (χ0) is 12.5. The average Bonchev–Trinajstić information content (AvgIpc) is 2.98. The third-order valence-electron chi connectivity index (χ3n) is 2.64. The zero-order valence-electron chi connectivity index (χ0n) is 10.7. The van der Waals surface area contributed by atoms with E-state index < -0.39 is 0 Å². The predicted octanol–water partition coefficient (Wildman–Crippen LogP) is 4.48. The maximum atomic E-state index is 6.31. The van der Waals surface area contributed by atoms with E-state index in [1.165, 1.54) is 23.3 Å². The van der Waals surface area contributed by atoms with Crippen molar-refractivity contribution < 1.29 is 0 Å². The number of rotatable bonds is 4. The summed E-state index contributed by atoms with van der Waals surface area (Å²) in [6.07, 6.45) is 2.62. The van der Waals surface area contributed by atoms with Crippen molar-refractivity contribution in [3.8, 4) is 0 Å². The van der Waals surface area contributed by atoms with Crippen LogP contribution in [0.2, 0.25) is 5.02 Å². The molecule has 1 saturated carbocycles. The molecule has 1 aliphatic carbocycles. The highest BCUT2D eigenvalue weighted by molar-refractivity contribution is 8.00. The second kappa shape index (κ2) is 5.21. The van der Waals surface area contributed by atoms with Gasteiger partial charge in [0.2, 0.25) is 0 Å². The van der Waals surface area contributed by atoms with Crippen molar-refractivity contribution in [2.45, 2.75) is 55.8 Å². The lowest BCUT2D eigenvalue weighted by molar-refractivity contribution is 0.679. The fourth-order valence-electron chi connectivity index (χ4n) is 1.67. The first kappa shape index (κ1) is 13.3. The van der Waals surface area contributed by atoms with Crippen molar-refractivity contribution >= 4 is 23.4 Å². The molecule has 0 spiro atoms. The van der Waals surface area contributed by atoms with Crippen molar-refractivity contribution in [2.75, 3.05) is 0 Å². The molecule has 3 heteroatoms. The van der Waals surface area contributed by atoms with Crippen molar-refractivity contribution in [2.24, 2.45) is 0 Å². The van der Waals surface area contributed by atoms with Gasteiger partial charge in [-0.1, -0.05) is 38.4 Å². The first-order chi connectivity index (χ1) is 7.96. The quantitative estimate of drug-likeness (QED) is 0.809.